The minimum atomic E-state index is -0.666. The highest BCUT2D eigenvalue weighted by Crippen LogP contribution is 2.21. The van der Waals surface area contributed by atoms with Gasteiger partial charge in [0.25, 0.3) is 5.91 Å². The van der Waals surface area contributed by atoms with E-state index in [0.29, 0.717) is 18.1 Å². The van der Waals surface area contributed by atoms with Crippen molar-refractivity contribution in [2.45, 2.75) is 12.8 Å². The summed E-state index contributed by atoms with van der Waals surface area (Å²) in [4.78, 5) is 25.5. The quantitative estimate of drug-likeness (QED) is 0.881. The van der Waals surface area contributed by atoms with E-state index in [1.165, 1.54) is 12.1 Å². The molecule has 0 spiro atoms. The van der Waals surface area contributed by atoms with Crippen LogP contribution in [0.4, 0.5) is 0 Å². The van der Waals surface area contributed by atoms with Crippen LogP contribution in [0.25, 0.3) is 0 Å². The third-order valence-electron chi connectivity index (χ3n) is 3.64. The highest BCUT2D eigenvalue weighted by molar-refractivity contribution is 6.31. The van der Waals surface area contributed by atoms with E-state index in [4.69, 9.17) is 22.4 Å². The molecule has 1 aromatic carbocycles. The summed E-state index contributed by atoms with van der Waals surface area (Å²) >= 11 is 5.83. The molecule has 1 fully saturated rings. The second-order valence-electron chi connectivity index (χ2n) is 4.97. The van der Waals surface area contributed by atoms with Crippen molar-refractivity contribution in [1.29, 1.82) is 0 Å². The van der Waals surface area contributed by atoms with Gasteiger partial charge in [-0.3, -0.25) is 9.59 Å². The first-order valence-corrected chi connectivity index (χ1v) is 6.90. The summed E-state index contributed by atoms with van der Waals surface area (Å²) in [7, 11) is 0. The van der Waals surface area contributed by atoms with Gasteiger partial charge in [0, 0.05) is 24.7 Å². The van der Waals surface area contributed by atoms with Crippen LogP contribution >= 0.6 is 11.6 Å². The van der Waals surface area contributed by atoms with Crippen LogP contribution in [-0.2, 0) is 0 Å². The fourth-order valence-electron chi connectivity index (χ4n) is 2.40. The number of hydrogen-bond donors (Lipinski definition) is 2. The van der Waals surface area contributed by atoms with Gasteiger partial charge in [0.15, 0.2) is 0 Å². The molecule has 1 saturated heterocycles. The maximum atomic E-state index is 12.4. The molecule has 3 N–H and O–H groups in total. The molecule has 5 nitrogen and oxygen atoms in total. The number of rotatable bonds is 3. The average Bonchev–Trinajstić information content (AvgIpc) is 2.46. The fourth-order valence-corrected chi connectivity index (χ4v) is 2.57. The summed E-state index contributed by atoms with van der Waals surface area (Å²) in [5.41, 5.74) is 5.72. The second kappa shape index (κ2) is 6.24. The molecule has 6 heteroatoms. The molecule has 0 aliphatic carbocycles. The number of primary amides is 1. The minimum absolute atomic E-state index is 0.145. The maximum absolute atomic E-state index is 12.4. The van der Waals surface area contributed by atoms with Gasteiger partial charge in [-0.15, -0.1) is 0 Å². The van der Waals surface area contributed by atoms with Crippen molar-refractivity contribution in [1.82, 2.24) is 4.90 Å². The van der Waals surface area contributed by atoms with Crippen molar-refractivity contribution in [2.24, 2.45) is 11.7 Å². The van der Waals surface area contributed by atoms with Gasteiger partial charge in [-0.25, -0.2) is 0 Å². The molecule has 1 heterocycles. The van der Waals surface area contributed by atoms with Crippen molar-refractivity contribution in [3.63, 3.8) is 0 Å². The van der Waals surface area contributed by atoms with Crippen molar-refractivity contribution in [2.75, 3.05) is 19.7 Å². The van der Waals surface area contributed by atoms with E-state index < -0.39 is 5.91 Å². The van der Waals surface area contributed by atoms with Crippen LogP contribution < -0.4 is 5.73 Å². The molecule has 0 atom stereocenters. The maximum Gasteiger partial charge on any atom is 0.254 e. The molecular formula is C14H17ClN2O3. The normalized spacial score (nSPS) is 16.2. The fraction of sp³-hybridized carbons (Fsp3) is 0.429. The number of aliphatic hydroxyl groups excluding tert-OH is 1. The van der Waals surface area contributed by atoms with Gasteiger partial charge in [-0.05, 0) is 37.0 Å². The first kappa shape index (κ1) is 14.8. The summed E-state index contributed by atoms with van der Waals surface area (Å²) in [5, 5.41) is 9.47. The van der Waals surface area contributed by atoms with Gasteiger partial charge in [0.1, 0.15) is 0 Å². The van der Waals surface area contributed by atoms with Crippen molar-refractivity contribution in [3.8, 4) is 0 Å². The average molecular weight is 297 g/mol. The van der Waals surface area contributed by atoms with Crippen molar-refractivity contribution >= 4 is 23.4 Å². The third kappa shape index (κ3) is 3.11. The Kier molecular flexibility index (Phi) is 4.62. The Morgan fingerprint density at radius 1 is 1.30 bits per heavy atom. The lowest BCUT2D eigenvalue weighted by molar-refractivity contribution is 0.0647. The molecule has 0 bridgehead atoms. The first-order chi connectivity index (χ1) is 9.52. The number of hydrogen-bond acceptors (Lipinski definition) is 3. The van der Waals surface area contributed by atoms with E-state index >= 15 is 0 Å². The van der Waals surface area contributed by atoms with E-state index in [1.54, 1.807) is 11.0 Å². The number of benzene rings is 1. The lowest BCUT2D eigenvalue weighted by Gasteiger charge is -2.31. The molecule has 0 saturated carbocycles. The summed E-state index contributed by atoms with van der Waals surface area (Å²) < 4.78 is 0. The number of nitrogens with two attached hydrogens (primary N) is 1. The number of carbonyl (C=O) groups is 2. The monoisotopic (exact) mass is 296 g/mol. The second-order valence-corrected chi connectivity index (χ2v) is 5.41. The lowest BCUT2D eigenvalue weighted by atomic mass is 9.96. The Hall–Kier alpha value is -1.59. The predicted octanol–water partition coefficient (Wildman–Crippen LogP) is 1.28. The van der Waals surface area contributed by atoms with E-state index in [2.05, 4.69) is 0 Å². The molecule has 20 heavy (non-hydrogen) atoms. The molecule has 0 aromatic heterocycles. The third-order valence-corrected chi connectivity index (χ3v) is 3.87. The Balaban J connectivity index is 2.19. The van der Waals surface area contributed by atoms with E-state index in [1.807, 2.05) is 0 Å². The van der Waals surface area contributed by atoms with E-state index in [-0.39, 0.29) is 29.6 Å². The van der Waals surface area contributed by atoms with Gasteiger partial charge in [-0.2, -0.15) is 0 Å². The van der Waals surface area contributed by atoms with Gasteiger partial charge in [0.2, 0.25) is 5.91 Å². The summed E-state index contributed by atoms with van der Waals surface area (Å²) in [5.74, 6) is -0.632. The molecule has 0 unspecified atom stereocenters. The molecule has 0 radical (unpaired) electrons. The van der Waals surface area contributed by atoms with E-state index in [9.17, 15) is 9.59 Å². The molecule has 1 aromatic rings. The predicted molar refractivity (Wildman–Crippen MR) is 75.7 cm³/mol. The molecule has 2 rings (SSSR count). The van der Waals surface area contributed by atoms with Crippen LogP contribution in [0.5, 0.6) is 0 Å². The Morgan fingerprint density at radius 3 is 2.50 bits per heavy atom. The molecule has 108 valence electrons. The number of piperidine rings is 1. The summed E-state index contributed by atoms with van der Waals surface area (Å²) in [6, 6.07) is 4.52. The van der Waals surface area contributed by atoms with Crippen LogP contribution in [0.3, 0.4) is 0 Å². The highest BCUT2D eigenvalue weighted by atomic mass is 35.5. The Labute approximate surface area is 122 Å². The smallest absolute Gasteiger partial charge is 0.254 e. The molecule has 1 aliphatic heterocycles. The molecule has 2 amide bonds. The van der Waals surface area contributed by atoms with E-state index in [0.717, 1.165) is 12.8 Å². The number of likely N-dealkylation sites (tertiary alicyclic amines) is 1. The zero-order valence-corrected chi connectivity index (χ0v) is 11.8. The standard InChI is InChI=1S/C14H17ClN2O3/c15-10-1-2-11(12(7-10)13(16)19)14(20)17-5-3-9(8-18)4-6-17/h1-2,7,9,18H,3-6,8H2,(H2,16,19). The first-order valence-electron chi connectivity index (χ1n) is 6.52. The highest BCUT2D eigenvalue weighted by Gasteiger charge is 2.25. The zero-order valence-electron chi connectivity index (χ0n) is 11.0. The summed E-state index contributed by atoms with van der Waals surface area (Å²) in [6.07, 6.45) is 1.53. The van der Waals surface area contributed by atoms with Crippen LogP contribution in [-0.4, -0.2) is 41.5 Å². The van der Waals surface area contributed by atoms with Crippen molar-refractivity contribution in [3.05, 3.63) is 34.3 Å². The van der Waals surface area contributed by atoms with Crippen LogP contribution in [0.1, 0.15) is 33.6 Å². The number of amides is 2. The minimum Gasteiger partial charge on any atom is -0.396 e. The number of aliphatic hydroxyl groups is 1. The van der Waals surface area contributed by atoms with Gasteiger partial charge in [0.05, 0.1) is 11.1 Å². The van der Waals surface area contributed by atoms with Crippen LogP contribution in [0.2, 0.25) is 5.02 Å². The van der Waals surface area contributed by atoms with Gasteiger partial charge >= 0.3 is 0 Å². The SMILES string of the molecule is NC(=O)c1cc(Cl)ccc1C(=O)N1CCC(CO)CC1. The largest absolute Gasteiger partial charge is 0.396 e. The lowest BCUT2D eigenvalue weighted by Crippen LogP contribution is -2.40. The number of nitrogens with zero attached hydrogens (tertiary/aromatic N) is 1. The van der Waals surface area contributed by atoms with Crippen LogP contribution in [0.15, 0.2) is 18.2 Å². The summed E-state index contributed by atoms with van der Waals surface area (Å²) in [6.45, 7) is 1.30. The molecular weight excluding hydrogens is 280 g/mol. The van der Waals surface area contributed by atoms with Crippen LogP contribution in [0, 0.1) is 5.92 Å². The number of carbonyl (C=O) groups excluding carboxylic acids is 2. The zero-order chi connectivity index (χ0) is 14.7. The Morgan fingerprint density at radius 2 is 1.95 bits per heavy atom. The number of halogens is 1. The van der Waals surface area contributed by atoms with Gasteiger partial charge in [-0.1, -0.05) is 11.6 Å². The molecule has 1 aliphatic rings. The van der Waals surface area contributed by atoms with Crippen molar-refractivity contribution < 1.29 is 14.7 Å². The Bertz CT molecular complexity index is 525. The topological polar surface area (TPSA) is 83.6 Å². The van der Waals surface area contributed by atoms with Gasteiger partial charge < -0.3 is 15.7 Å².